The molecule has 0 spiro atoms. The van der Waals surface area contributed by atoms with Crippen LogP contribution in [0.2, 0.25) is 0 Å². The number of fused-ring (bicyclic) bond motifs is 1. The van der Waals surface area contributed by atoms with Crippen molar-refractivity contribution in [1.82, 2.24) is 19.5 Å². The fraction of sp³-hybridized carbons (Fsp3) is 0.625. The van der Waals surface area contributed by atoms with E-state index in [9.17, 15) is 0 Å². The normalized spacial score (nSPS) is 20.5. The zero-order valence-corrected chi connectivity index (χ0v) is 13.0. The largest absolute Gasteiger partial charge is 0.325 e. The number of nitrogens with two attached hydrogens (primary N) is 1. The average Bonchev–Trinajstić information content (AvgIpc) is 2.89. The van der Waals surface area contributed by atoms with E-state index in [0.29, 0.717) is 18.5 Å². The van der Waals surface area contributed by atoms with Crippen LogP contribution in [-0.2, 0) is 13.0 Å². The first-order valence-corrected chi connectivity index (χ1v) is 7.95. The van der Waals surface area contributed by atoms with Crippen molar-refractivity contribution in [1.29, 1.82) is 0 Å². The number of pyridine rings is 1. The van der Waals surface area contributed by atoms with Gasteiger partial charge in [-0.15, -0.1) is 0 Å². The van der Waals surface area contributed by atoms with Crippen molar-refractivity contribution >= 4 is 5.65 Å². The molecular weight excluding hydrogens is 262 g/mol. The summed E-state index contributed by atoms with van der Waals surface area (Å²) in [6.07, 6.45) is 3.53. The first-order valence-electron chi connectivity index (χ1n) is 7.95. The summed E-state index contributed by atoms with van der Waals surface area (Å²) in [5.74, 6) is 1.62. The summed E-state index contributed by atoms with van der Waals surface area (Å²) in [5.41, 5.74) is 7.69. The van der Waals surface area contributed by atoms with Crippen molar-refractivity contribution in [2.24, 2.45) is 11.7 Å². The molecule has 1 saturated heterocycles. The molecule has 21 heavy (non-hydrogen) atoms. The maximum absolute atomic E-state index is 5.77. The Morgan fingerprint density at radius 1 is 1.38 bits per heavy atom. The third-order valence-electron chi connectivity index (χ3n) is 4.44. The van der Waals surface area contributed by atoms with Crippen LogP contribution in [0.25, 0.3) is 5.65 Å². The summed E-state index contributed by atoms with van der Waals surface area (Å²) in [5, 5.41) is 4.65. The zero-order valence-electron chi connectivity index (χ0n) is 13.0. The summed E-state index contributed by atoms with van der Waals surface area (Å²) < 4.78 is 1.89. The van der Waals surface area contributed by atoms with Gasteiger partial charge in [-0.05, 0) is 51.3 Å². The number of piperidine rings is 1. The Morgan fingerprint density at radius 3 is 3.00 bits per heavy atom. The van der Waals surface area contributed by atoms with Crippen LogP contribution in [0.3, 0.4) is 0 Å². The monoisotopic (exact) mass is 287 g/mol. The van der Waals surface area contributed by atoms with Crippen LogP contribution in [0.1, 0.15) is 38.2 Å². The lowest BCUT2D eigenvalue weighted by atomic mass is 9.94. The van der Waals surface area contributed by atoms with E-state index in [4.69, 9.17) is 5.73 Å². The van der Waals surface area contributed by atoms with Gasteiger partial charge in [0.05, 0.1) is 5.69 Å². The lowest BCUT2D eigenvalue weighted by molar-refractivity contribution is 0.138. The zero-order chi connectivity index (χ0) is 14.8. The lowest BCUT2D eigenvalue weighted by Gasteiger charge is -2.35. The predicted octanol–water partition coefficient (Wildman–Crippen LogP) is 1.85. The van der Waals surface area contributed by atoms with Crippen LogP contribution in [-0.4, -0.2) is 38.6 Å². The maximum Gasteiger partial charge on any atom is 0.155 e. The Balaban J connectivity index is 1.75. The molecule has 3 rings (SSSR count). The average molecular weight is 287 g/mol. The molecule has 1 atom stereocenters. The van der Waals surface area contributed by atoms with E-state index in [1.165, 1.54) is 19.4 Å². The smallest absolute Gasteiger partial charge is 0.155 e. The molecule has 0 amide bonds. The highest BCUT2D eigenvalue weighted by Crippen LogP contribution is 2.21. The topological polar surface area (TPSA) is 59.5 Å². The quantitative estimate of drug-likeness (QED) is 0.932. The summed E-state index contributed by atoms with van der Waals surface area (Å²) in [4.78, 5) is 7.23. The minimum Gasteiger partial charge on any atom is -0.325 e. The first kappa shape index (κ1) is 14.5. The Labute approximate surface area is 126 Å². The Morgan fingerprint density at radius 2 is 2.24 bits per heavy atom. The summed E-state index contributed by atoms with van der Waals surface area (Å²) in [7, 11) is 0. The minimum atomic E-state index is 0.491. The van der Waals surface area contributed by atoms with Crippen LogP contribution in [0.5, 0.6) is 0 Å². The second-order valence-corrected chi connectivity index (χ2v) is 6.32. The molecule has 2 aromatic rings. The molecule has 0 bridgehead atoms. The minimum absolute atomic E-state index is 0.491. The van der Waals surface area contributed by atoms with E-state index in [0.717, 1.165) is 30.1 Å². The molecular formula is C16H25N5. The van der Waals surface area contributed by atoms with Crippen molar-refractivity contribution < 1.29 is 0 Å². The predicted molar refractivity (Wildman–Crippen MR) is 84.0 cm³/mol. The van der Waals surface area contributed by atoms with Gasteiger partial charge in [-0.2, -0.15) is 5.10 Å². The molecule has 2 N–H and O–H groups in total. The molecule has 1 aliphatic rings. The molecule has 0 saturated carbocycles. The van der Waals surface area contributed by atoms with Crippen molar-refractivity contribution in [3.05, 3.63) is 29.7 Å². The number of likely N-dealkylation sites (tertiary alicyclic amines) is 1. The van der Waals surface area contributed by atoms with E-state index >= 15 is 0 Å². The Kier molecular flexibility index (Phi) is 4.22. The molecule has 5 nitrogen and oxygen atoms in total. The summed E-state index contributed by atoms with van der Waals surface area (Å²) >= 11 is 0. The highest BCUT2D eigenvalue weighted by atomic mass is 15.3. The van der Waals surface area contributed by atoms with Crippen LogP contribution in [0.15, 0.2) is 18.2 Å². The molecule has 0 radical (unpaired) electrons. The van der Waals surface area contributed by atoms with Gasteiger partial charge >= 0.3 is 0 Å². The Bertz CT molecular complexity index is 604. The number of hydrogen-bond acceptors (Lipinski definition) is 4. The first-order chi connectivity index (χ1) is 10.2. The van der Waals surface area contributed by atoms with Crippen LogP contribution < -0.4 is 5.73 Å². The molecule has 1 aliphatic heterocycles. The molecule has 1 fully saturated rings. The fourth-order valence-corrected chi connectivity index (χ4v) is 3.24. The summed E-state index contributed by atoms with van der Waals surface area (Å²) in [6.45, 7) is 7.43. The number of hydrogen-bond donors (Lipinski definition) is 1. The van der Waals surface area contributed by atoms with Gasteiger partial charge in [0, 0.05) is 25.6 Å². The molecule has 2 aromatic heterocycles. The fourth-order valence-electron chi connectivity index (χ4n) is 3.24. The second-order valence-electron chi connectivity index (χ2n) is 6.32. The third-order valence-corrected chi connectivity index (χ3v) is 4.44. The molecule has 5 heteroatoms. The summed E-state index contributed by atoms with van der Waals surface area (Å²) in [6, 6.07) is 6.63. The molecule has 114 valence electrons. The van der Waals surface area contributed by atoms with Crippen molar-refractivity contribution in [3.63, 3.8) is 0 Å². The molecule has 1 unspecified atom stereocenters. The highest BCUT2D eigenvalue weighted by Gasteiger charge is 2.23. The lowest BCUT2D eigenvalue weighted by Crippen LogP contribution is -2.40. The van der Waals surface area contributed by atoms with Gasteiger partial charge in [0.2, 0.25) is 0 Å². The molecule has 0 aromatic carbocycles. The standard InChI is InChI=1S/C16H25N5/c1-12(2)20-8-4-5-13(11-20)9-15-18-16-7-3-6-14(10-17)21(16)19-15/h3,6-7,12-13H,4-5,8-11,17H2,1-2H3. The molecule has 0 aliphatic carbocycles. The van der Waals surface area contributed by atoms with Crippen molar-refractivity contribution in [3.8, 4) is 0 Å². The Hall–Kier alpha value is -1.46. The van der Waals surface area contributed by atoms with Crippen molar-refractivity contribution in [2.75, 3.05) is 13.1 Å². The number of aromatic nitrogens is 3. The van der Waals surface area contributed by atoms with Gasteiger partial charge in [0.15, 0.2) is 11.5 Å². The van der Waals surface area contributed by atoms with Crippen molar-refractivity contribution in [2.45, 2.75) is 45.7 Å². The van der Waals surface area contributed by atoms with Crippen LogP contribution >= 0.6 is 0 Å². The third kappa shape index (κ3) is 3.09. The second kappa shape index (κ2) is 6.12. The van der Waals surface area contributed by atoms with Gasteiger partial charge in [-0.25, -0.2) is 9.50 Å². The van der Waals surface area contributed by atoms with Gasteiger partial charge in [0.1, 0.15) is 0 Å². The molecule has 3 heterocycles. The van der Waals surface area contributed by atoms with Crippen LogP contribution in [0, 0.1) is 5.92 Å². The highest BCUT2D eigenvalue weighted by molar-refractivity contribution is 5.38. The van der Waals surface area contributed by atoms with E-state index in [2.05, 4.69) is 28.8 Å². The van der Waals surface area contributed by atoms with Gasteiger partial charge < -0.3 is 10.6 Å². The van der Waals surface area contributed by atoms with Gasteiger partial charge in [0.25, 0.3) is 0 Å². The maximum atomic E-state index is 5.77. The van der Waals surface area contributed by atoms with Gasteiger partial charge in [-0.1, -0.05) is 6.07 Å². The van der Waals surface area contributed by atoms with E-state index in [1.807, 2.05) is 22.7 Å². The van der Waals surface area contributed by atoms with Crippen LogP contribution in [0.4, 0.5) is 0 Å². The SMILES string of the molecule is CC(C)N1CCCC(Cc2nc3cccc(CN)n3n2)C1. The van der Waals surface area contributed by atoms with E-state index in [-0.39, 0.29) is 0 Å². The van der Waals surface area contributed by atoms with E-state index < -0.39 is 0 Å². The van der Waals surface area contributed by atoms with Gasteiger partial charge in [-0.3, -0.25) is 0 Å². The number of rotatable bonds is 4. The number of nitrogens with zero attached hydrogens (tertiary/aromatic N) is 4. The van der Waals surface area contributed by atoms with E-state index in [1.54, 1.807) is 0 Å².